The lowest BCUT2D eigenvalue weighted by Crippen LogP contribution is -2.23. The lowest BCUT2D eigenvalue weighted by atomic mass is 10.3. The summed E-state index contributed by atoms with van der Waals surface area (Å²) in [6.45, 7) is 9.72. The van der Waals surface area contributed by atoms with Gasteiger partial charge in [0.05, 0.1) is 0 Å². The van der Waals surface area contributed by atoms with E-state index in [0.717, 1.165) is 52.4 Å². The highest BCUT2D eigenvalue weighted by Gasteiger charge is 1.97. The molecule has 0 aliphatic heterocycles. The summed E-state index contributed by atoms with van der Waals surface area (Å²) >= 11 is 0. The van der Waals surface area contributed by atoms with Gasteiger partial charge in [-0.25, -0.2) is 0 Å². The van der Waals surface area contributed by atoms with Gasteiger partial charge in [0.2, 0.25) is 0 Å². The summed E-state index contributed by atoms with van der Waals surface area (Å²) in [6, 6.07) is 0. The molecule has 0 aromatic carbocycles. The Hall–Kier alpha value is -0.120. The molecule has 14 heavy (non-hydrogen) atoms. The Kier molecular flexibility index (Phi) is 10.9. The van der Waals surface area contributed by atoms with Crippen LogP contribution in [-0.4, -0.2) is 51.5 Å². The molecule has 0 aromatic heterocycles. The van der Waals surface area contributed by atoms with Crippen molar-refractivity contribution >= 4 is 0 Å². The fourth-order valence-corrected chi connectivity index (χ4v) is 1.27. The molecule has 86 valence electrons. The SMILES string of the molecule is CCOCCCN(C)CCCOCC. The van der Waals surface area contributed by atoms with Crippen LogP contribution in [0.25, 0.3) is 0 Å². The Balaban J connectivity index is 3.07. The standard InChI is InChI=1S/C11H25NO2/c1-4-13-10-6-8-12(3)9-7-11-14-5-2/h4-11H2,1-3H3. The van der Waals surface area contributed by atoms with Crippen molar-refractivity contribution in [1.82, 2.24) is 4.90 Å². The van der Waals surface area contributed by atoms with Crippen LogP contribution in [0.2, 0.25) is 0 Å². The minimum Gasteiger partial charge on any atom is -0.382 e. The largest absolute Gasteiger partial charge is 0.382 e. The van der Waals surface area contributed by atoms with Crippen molar-refractivity contribution in [2.75, 3.05) is 46.6 Å². The quantitative estimate of drug-likeness (QED) is 0.505. The van der Waals surface area contributed by atoms with E-state index in [1.807, 2.05) is 13.8 Å². The van der Waals surface area contributed by atoms with Crippen molar-refractivity contribution in [3.05, 3.63) is 0 Å². The van der Waals surface area contributed by atoms with E-state index >= 15 is 0 Å². The van der Waals surface area contributed by atoms with Crippen LogP contribution in [-0.2, 0) is 9.47 Å². The smallest absolute Gasteiger partial charge is 0.0478 e. The zero-order valence-electron chi connectivity index (χ0n) is 9.92. The van der Waals surface area contributed by atoms with Gasteiger partial charge >= 0.3 is 0 Å². The van der Waals surface area contributed by atoms with Crippen LogP contribution >= 0.6 is 0 Å². The zero-order valence-corrected chi connectivity index (χ0v) is 9.92. The number of hydrogen-bond acceptors (Lipinski definition) is 3. The van der Waals surface area contributed by atoms with Gasteiger partial charge in [0.25, 0.3) is 0 Å². The summed E-state index contributed by atoms with van der Waals surface area (Å²) in [5, 5.41) is 0. The molecule has 0 radical (unpaired) electrons. The van der Waals surface area contributed by atoms with Gasteiger partial charge in [0, 0.05) is 39.5 Å². The van der Waals surface area contributed by atoms with E-state index in [1.54, 1.807) is 0 Å². The minimum absolute atomic E-state index is 0.827. The van der Waals surface area contributed by atoms with Gasteiger partial charge in [-0.2, -0.15) is 0 Å². The maximum absolute atomic E-state index is 5.28. The number of nitrogens with zero attached hydrogens (tertiary/aromatic N) is 1. The average molecular weight is 203 g/mol. The van der Waals surface area contributed by atoms with Gasteiger partial charge in [-0.05, 0) is 33.7 Å². The first-order valence-electron chi connectivity index (χ1n) is 5.65. The van der Waals surface area contributed by atoms with Crippen LogP contribution in [0, 0.1) is 0 Å². The van der Waals surface area contributed by atoms with Gasteiger partial charge in [0.1, 0.15) is 0 Å². The minimum atomic E-state index is 0.827. The molecular weight excluding hydrogens is 178 g/mol. The molecule has 0 aromatic rings. The Morgan fingerprint density at radius 3 is 1.64 bits per heavy atom. The van der Waals surface area contributed by atoms with E-state index in [1.165, 1.54) is 0 Å². The molecule has 0 unspecified atom stereocenters. The van der Waals surface area contributed by atoms with Gasteiger partial charge in [-0.3, -0.25) is 0 Å². The molecule has 0 N–H and O–H groups in total. The van der Waals surface area contributed by atoms with E-state index in [-0.39, 0.29) is 0 Å². The summed E-state index contributed by atoms with van der Waals surface area (Å²) in [5.41, 5.74) is 0. The molecule has 0 saturated carbocycles. The fourth-order valence-electron chi connectivity index (χ4n) is 1.27. The molecule has 0 bridgehead atoms. The second-order valence-corrected chi connectivity index (χ2v) is 3.40. The Bertz CT molecular complexity index is 97.5. The highest BCUT2D eigenvalue weighted by molar-refractivity contribution is 4.51. The molecule has 0 amide bonds. The van der Waals surface area contributed by atoms with Crippen LogP contribution in [0.5, 0.6) is 0 Å². The van der Waals surface area contributed by atoms with Crippen molar-refractivity contribution in [1.29, 1.82) is 0 Å². The summed E-state index contributed by atoms with van der Waals surface area (Å²) < 4.78 is 10.6. The molecule has 0 rings (SSSR count). The van der Waals surface area contributed by atoms with E-state index in [0.29, 0.717) is 0 Å². The maximum Gasteiger partial charge on any atom is 0.0478 e. The third-order valence-corrected chi connectivity index (χ3v) is 2.07. The predicted molar refractivity (Wildman–Crippen MR) is 59.7 cm³/mol. The van der Waals surface area contributed by atoms with Gasteiger partial charge in [-0.1, -0.05) is 0 Å². The second-order valence-electron chi connectivity index (χ2n) is 3.40. The van der Waals surface area contributed by atoms with Crippen molar-refractivity contribution in [3.8, 4) is 0 Å². The van der Waals surface area contributed by atoms with Crippen LogP contribution in [0.15, 0.2) is 0 Å². The van der Waals surface area contributed by atoms with Gasteiger partial charge < -0.3 is 14.4 Å². The predicted octanol–water partition coefficient (Wildman–Crippen LogP) is 1.77. The molecule has 0 spiro atoms. The van der Waals surface area contributed by atoms with E-state index in [9.17, 15) is 0 Å². The molecule has 0 saturated heterocycles. The van der Waals surface area contributed by atoms with Crippen LogP contribution < -0.4 is 0 Å². The van der Waals surface area contributed by atoms with Crippen molar-refractivity contribution in [2.45, 2.75) is 26.7 Å². The lowest BCUT2D eigenvalue weighted by Gasteiger charge is -2.16. The van der Waals surface area contributed by atoms with E-state index in [2.05, 4.69) is 11.9 Å². The van der Waals surface area contributed by atoms with E-state index < -0.39 is 0 Å². The molecular formula is C11H25NO2. The molecule has 3 nitrogen and oxygen atoms in total. The van der Waals surface area contributed by atoms with Crippen LogP contribution in [0.3, 0.4) is 0 Å². The Labute approximate surface area is 88.4 Å². The Morgan fingerprint density at radius 2 is 1.29 bits per heavy atom. The number of ether oxygens (including phenoxy) is 2. The monoisotopic (exact) mass is 203 g/mol. The average Bonchev–Trinajstić information content (AvgIpc) is 2.19. The third-order valence-electron chi connectivity index (χ3n) is 2.07. The first-order valence-corrected chi connectivity index (χ1v) is 5.65. The number of hydrogen-bond donors (Lipinski definition) is 0. The van der Waals surface area contributed by atoms with Crippen LogP contribution in [0.4, 0.5) is 0 Å². The topological polar surface area (TPSA) is 21.7 Å². The van der Waals surface area contributed by atoms with Crippen molar-refractivity contribution in [2.24, 2.45) is 0 Å². The first-order chi connectivity index (χ1) is 6.81. The fraction of sp³-hybridized carbons (Fsp3) is 1.00. The first kappa shape index (κ1) is 13.9. The third kappa shape index (κ3) is 9.96. The number of rotatable bonds is 10. The summed E-state index contributed by atoms with van der Waals surface area (Å²) in [4.78, 5) is 2.33. The second kappa shape index (κ2) is 11.0. The molecule has 0 heterocycles. The van der Waals surface area contributed by atoms with E-state index in [4.69, 9.17) is 9.47 Å². The molecule has 0 fully saturated rings. The Morgan fingerprint density at radius 1 is 0.857 bits per heavy atom. The molecule has 0 aliphatic carbocycles. The van der Waals surface area contributed by atoms with Crippen LogP contribution in [0.1, 0.15) is 26.7 Å². The summed E-state index contributed by atoms with van der Waals surface area (Å²) in [6.07, 6.45) is 2.25. The van der Waals surface area contributed by atoms with Gasteiger partial charge in [0.15, 0.2) is 0 Å². The zero-order chi connectivity index (χ0) is 10.6. The maximum atomic E-state index is 5.28. The summed E-state index contributed by atoms with van der Waals surface area (Å²) in [7, 11) is 2.15. The molecule has 0 atom stereocenters. The summed E-state index contributed by atoms with van der Waals surface area (Å²) in [5.74, 6) is 0. The van der Waals surface area contributed by atoms with Crippen molar-refractivity contribution < 1.29 is 9.47 Å². The lowest BCUT2D eigenvalue weighted by molar-refractivity contribution is 0.124. The highest BCUT2D eigenvalue weighted by Crippen LogP contribution is 1.92. The highest BCUT2D eigenvalue weighted by atomic mass is 16.5. The van der Waals surface area contributed by atoms with Gasteiger partial charge in [-0.15, -0.1) is 0 Å². The molecule has 3 heteroatoms. The van der Waals surface area contributed by atoms with Crippen molar-refractivity contribution in [3.63, 3.8) is 0 Å². The molecule has 0 aliphatic rings. The normalized spacial score (nSPS) is 11.1.